The molecule has 0 unspecified atom stereocenters. The van der Waals surface area contributed by atoms with E-state index in [0.29, 0.717) is 0 Å². The quantitative estimate of drug-likeness (QED) is 0.825. The van der Waals surface area contributed by atoms with E-state index in [1.165, 1.54) is 6.07 Å². The van der Waals surface area contributed by atoms with Crippen molar-refractivity contribution in [2.24, 2.45) is 0 Å². The second-order valence-corrected chi connectivity index (χ2v) is 5.12. The highest BCUT2D eigenvalue weighted by molar-refractivity contribution is 6.20. The van der Waals surface area contributed by atoms with Crippen molar-refractivity contribution >= 4 is 17.4 Å². The number of halogens is 4. The third kappa shape index (κ3) is 3.51. The minimum Gasteiger partial charge on any atom is -0.367 e. The molecular weight excluding hydrogens is 265 g/mol. The van der Waals surface area contributed by atoms with Gasteiger partial charge in [-0.2, -0.15) is 13.2 Å². The molecule has 18 heavy (non-hydrogen) atoms. The Morgan fingerprint density at radius 3 is 2.44 bits per heavy atom. The number of hydrogen-bond donors (Lipinski definition) is 1. The third-order valence-electron chi connectivity index (χ3n) is 3.05. The molecular formula is C12H14ClF3N2. The molecule has 0 atom stereocenters. The van der Waals surface area contributed by atoms with Crippen LogP contribution in [0.5, 0.6) is 0 Å². The highest BCUT2D eigenvalue weighted by Crippen LogP contribution is 2.29. The monoisotopic (exact) mass is 278 g/mol. The van der Waals surface area contributed by atoms with Gasteiger partial charge in [0.05, 0.1) is 0 Å². The molecule has 0 radical (unpaired) electrons. The van der Waals surface area contributed by atoms with Crippen LogP contribution >= 0.6 is 11.6 Å². The third-order valence-corrected chi connectivity index (χ3v) is 3.48. The molecule has 1 aliphatic rings. The summed E-state index contributed by atoms with van der Waals surface area (Å²) in [5.41, 5.74) is -0.862. The summed E-state index contributed by atoms with van der Waals surface area (Å²) in [6.45, 7) is 0. The van der Waals surface area contributed by atoms with Crippen molar-refractivity contribution < 1.29 is 13.2 Å². The Labute approximate surface area is 109 Å². The van der Waals surface area contributed by atoms with E-state index in [-0.39, 0.29) is 17.2 Å². The molecule has 1 N–H and O–H groups in total. The summed E-state index contributed by atoms with van der Waals surface area (Å²) in [4.78, 5) is 3.59. The van der Waals surface area contributed by atoms with Gasteiger partial charge in [0.1, 0.15) is 11.5 Å². The van der Waals surface area contributed by atoms with Crippen LogP contribution in [0.3, 0.4) is 0 Å². The van der Waals surface area contributed by atoms with Crippen LogP contribution in [0.4, 0.5) is 19.0 Å². The van der Waals surface area contributed by atoms with Crippen molar-refractivity contribution in [1.82, 2.24) is 4.98 Å². The lowest BCUT2D eigenvalue weighted by atomic mass is 9.95. The van der Waals surface area contributed by atoms with E-state index in [0.717, 1.165) is 31.7 Å². The largest absolute Gasteiger partial charge is 0.433 e. The minimum atomic E-state index is -4.40. The van der Waals surface area contributed by atoms with Crippen LogP contribution in [0, 0.1) is 0 Å². The van der Waals surface area contributed by atoms with Crippen LogP contribution in [0.1, 0.15) is 31.4 Å². The van der Waals surface area contributed by atoms with Crippen LogP contribution in [0.25, 0.3) is 0 Å². The van der Waals surface area contributed by atoms with Gasteiger partial charge in [0.2, 0.25) is 0 Å². The van der Waals surface area contributed by atoms with E-state index >= 15 is 0 Å². The summed E-state index contributed by atoms with van der Waals surface area (Å²) >= 11 is 5.98. The molecule has 1 fully saturated rings. The maximum absolute atomic E-state index is 12.5. The fraction of sp³-hybridized carbons (Fsp3) is 0.583. The first-order valence-corrected chi connectivity index (χ1v) is 6.33. The normalized spacial score (nSPS) is 24.9. The zero-order valence-electron chi connectivity index (χ0n) is 9.67. The predicted octanol–water partition coefficient (Wildman–Crippen LogP) is 4.06. The average Bonchev–Trinajstić information content (AvgIpc) is 2.31. The van der Waals surface area contributed by atoms with Crippen molar-refractivity contribution in [3.8, 4) is 0 Å². The lowest BCUT2D eigenvalue weighted by Crippen LogP contribution is -2.27. The molecule has 100 valence electrons. The highest BCUT2D eigenvalue weighted by Gasteiger charge is 2.32. The van der Waals surface area contributed by atoms with Gasteiger partial charge in [0.25, 0.3) is 0 Å². The number of pyridine rings is 1. The Bertz CT molecular complexity index is 401. The number of hydrogen-bond acceptors (Lipinski definition) is 2. The average molecular weight is 279 g/mol. The lowest BCUT2D eigenvalue weighted by Gasteiger charge is -2.26. The highest BCUT2D eigenvalue weighted by atomic mass is 35.5. The van der Waals surface area contributed by atoms with Crippen LogP contribution in [-0.4, -0.2) is 16.4 Å². The Morgan fingerprint density at radius 1 is 1.17 bits per heavy atom. The van der Waals surface area contributed by atoms with Crippen LogP contribution < -0.4 is 5.32 Å². The second-order valence-electron chi connectivity index (χ2n) is 4.50. The number of rotatable bonds is 2. The SMILES string of the molecule is FC(F)(F)c1cccc(NC2CCC(Cl)CC2)n1. The van der Waals surface area contributed by atoms with Gasteiger partial charge >= 0.3 is 6.18 Å². The Hall–Kier alpha value is -0.970. The van der Waals surface area contributed by atoms with Crippen molar-refractivity contribution in [2.75, 3.05) is 5.32 Å². The van der Waals surface area contributed by atoms with Gasteiger partial charge in [-0.25, -0.2) is 4.98 Å². The van der Waals surface area contributed by atoms with Gasteiger partial charge in [0.15, 0.2) is 0 Å². The molecule has 6 heteroatoms. The fourth-order valence-corrected chi connectivity index (χ4v) is 2.33. The first kappa shape index (κ1) is 13.5. The molecule has 2 rings (SSSR count). The summed E-state index contributed by atoms with van der Waals surface area (Å²) < 4.78 is 37.5. The number of alkyl halides is 4. The summed E-state index contributed by atoms with van der Waals surface area (Å²) in [5, 5.41) is 3.24. The molecule has 1 aliphatic carbocycles. The van der Waals surface area contributed by atoms with Gasteiger partial charge in [-0.3, -0.25) is 0 Å². The molecule has 1 saturated carbocycles. The predicted molar refractivity (Wildman–Crippen MR) is 64.8 cm³/mol. The smallest absolute Gasteiger partial charge is 0.367 e. The zero-order chi connectivity index (χ0) is 13.2. The lowest BCUT2D eigenvalue weighted by molar-refractivity contribution is -0.141. The first-order valence-electron chi connectivity index (χ1n) is 5.90. The first-order chi connectivity index (χ1) is 8.45. The second kappa shape index (κ2) is 5.34. The topological polar surface area (TPSA) is 24.9 Å². The van der Waals surface area contributed by atoms with E-state index in [2.05, 4.69) is 10.3 Å². The number of nitrogens with one attached hydrogen (secondary N) is 1. The van der Waals surface area contributed by atoms with Crippen LogP contribution in [0.15, 0.2) is 18.2 Å². The van der Waals surface area contributed by atoms with Crippen molar-refractivity contribution in [3.05, 3.63) is 23.9 Å². The molecule has 0 spiro atoms. The molecule has 0 aliphatic heterocycles. The van der Waals surface area contributed by atoms with E-state index < -0.39 is 11.9 Å². The maximum atomic E-state index is 12.5. The van der Waals surface area contributed by atoms with E-state index in [1.54, 1.807) is 6.07 Å². The van der Waals surface area contributed by atoms with E-state index in [9.17, 15) is 13.2 Å². The maximum Gasteiger partial charge on any atom is 0.433 e. The standard InChI is InChI=1S/C12H14ClF3N2/c13-8-4-6-9(7-5-8)17-11-3-1-2-10(18-11)12(14,15)16/h1-3,8-9H,4-7H2,(H,17,18). The van der Waals surface area contributed by atoms with Crippen molar-refractivity contribution in [1.29, 1.82) is 0 Å². The number of anilines is 1. The van der Waals surface area contributed by atoms with E-state index in [1.807, 2.05) is 0 Å². The number of aromatic nitrogens is 1. The molecule has 0 amide bonds. The summed E-state index contributed by atoms with van der Waals surface area (Å²) in [5.74, 6) is 0.280. The fourth-order valence-electron chi connectivity index (χ4n) is 2.08. The molecule has 1 heterocycles. The van der Waals surface area contributed by atoms with Gasteiger partial charge in [-0.1, -0.05) is 6.07 Å². The molecule has 0 bridgehead atoms. The Balaban J connectivity index is 2.01. The van der Waals surface area contributed by atoms with Crippen LogP contribution in [-0.2, 0) is 6.18 Å². The zero-order valence-corrected chi connectivity index (χ0v) is 10.4. The Morgan fingerprint density at radius 2 is 1.83 bits per heavy atom. The van der Waals surface area contributed by atoms with Crippen molar-refractivity contribution in [3.63, 3.8) is 0 Å². The molecule has 0 saturated heterocycles. The van der Waals surface area contributed by atoms with Gasteiger partial charge in [0, 0.05) is 11.4 Å². The molecule has 2 nitrogen and oxygen atoms in total. The van der Waals surface area contributed by atoms with Crippen LogP contribution in [0.2, 0.25) is 0 Å². The van der Waals surface area contributed by atoms with Gasteiger partial charge in [-0.15, -0.1) is 11.6 Å². The van der Waals surface area contributed by atoms with Gasteiger partial charge in [-0.05, 0) is 37.8 Å². The molecule has 1 aromatic heterocycles. The minimum absolute atomic E-state index is 0.163. The Kier molecular flexibility index (Phi) is 4.00. The summed E-state index contributed by atoms with van der Waals surface area (Å²) in [6.07, 6.45) is -0.889. The van der Waals surface area contributed by atoms with E-state index in [4.69, 9.17) is 11.6 Å². The number of nitrogens with zero attached hydrogens (tertiary/aromatic N) is 1. The summed E-state index contributed by atoms with van der Waals surface area (Å²) in [7, 11) is 0. The summed E-state index contributed by atoms with van der Waals surface area (Å²) in [6, 6.07) is 4.06. The molecule has 1 aromatic rings. The van der Waals surface area contributed by atoms with Crippen molar-refractivity contribution in [2.45, 2.75) is 43.3 Å². The van der Waals surface area contributed by atoms with Gasteiger partial charge < -0.3 is 5.32 Å². The molecule has 0 aromatic carbocycles.